The third kappa shape index (κ3) is 3.40. The first kappa shape index (κ1) is 1.24. The first-order valence-corrected chi connectivity index (χ1v) is 1.05. The maximum Gasteiger partial charge on any atom is 0.0518 e. The van der Waals surface area contributed by atoms with Crippen molar-refractivity contribution in [3.63, 3.8) is 0 Å². The molecule has 0 unspecified atom stereocenters. The minimum absolute atomic E-state index is 0.382. The lowest BCUT2D eigenvalue weighted by atomic mass is 11.2. The Morgan fingerprint density at radius 3 is 2.80 bits per heavy atom. The summed E-state index contributed by atoms with van der Waals surface area (Å²) in [6.45, 7) is -2.39. The maximum atomic E-state index is 9.47. The highest BCUT2D eigenvalue weighted by molar-refractivity contribution is 4.16. The predicted molar refractivity (Wildman–Crippen MR) is 19.5 cm³/mol. The number of rotatable bonds is 1. The van der Waals surface area contributed by atoms with Crippen LogP contribution in [0.4, 0.5) is 0 Å². The molecule has 0 atom stereocenters. The van der Waals surface area contributed by atoms with Crippen LogP contribution in [0.25, 0.3) is 0 Å². The molecule has 5 heavy (non-hydrogen) atoms. The van der Waals surface area contributed by atoms with Crippen LogP contribution in [0.1, 0.15) is 4.11 Å². The first-order valence-electron chi connectivity index (χ1n) is 2.55. The molecule has 0 aliphatic carbocycles. The van der Waals surface area contributed by atoms with Crippen molar-refractivity contribution in [3.8, 4) is 0 Å². The molecule has 3 heteroatoms. The molecule has 0 aliphatic rings. The van der Waals surface area contributed by atoms with E-state index in [-0.39, 0.29) is 0 Å². The predicted octanol–water partition coefficient (Wildman–Crippen LogP) is 0.229. The van der Waals surface area contributed by atoms with Gasteiger partial charge in [0, 0.05) is 18.1 Å². The Balaban J connectivity index is 3.80. The second-order valence-corrected chi connectivity index (χ2v) is 0.605. The van der Waals surface area contributed by atoms with Gasteiger partial charge >= 0.3 is 0 Å². The van der Waals surface area contributed by atoms with Crippen molar-refractivity contribution in [2.24, 2.45) is 5.29 Å². The second-order valence-electron chi connectivity index (χ2n) is 0.605. The normalized spacial score (nSPS) is 18.2. The summed E-state index contributed by atoms with van der Waals surface area (Å²) in [6.07, 6.45) is 0. The molecule has 0 bridgehead atoms. The smallest absolute Gasteiger partial charge is 0.0518 e. The largest absolute Gasteiger partial charge is 0.267 e. The van der Waals surface area contributed by atoms with Crippen molar-refractivity contribution in [1.82, 2.24) is 5.01 Å². The van der Waals surface area contributed by atoms with Gasteiger partial charge in [-0.1, -0.05) is 0 Å². The number of hydrogen-bond donors (Lipinski definition) is 0. The van der Waals surface area contributed by atoms with Crippen LogP contribution in [0.3, 0.4) is 0 Å². The average Bonchev–Trinajstić information content (AvgIpc) is 1.62. The summed E-state index contributed by atoms with van der Waals surface area (Å²) in [7, 11) is 1.10. The van der Waals surface area contributed by atoms with E-state index in [4.69, 9.17) is 4.11 Å². The van der Waals surface area contributed by atoms with Crippen molar-refractivity contribution < 1.29 is 4.11 Å². The van der Waals surface area contributed by atoms with E-state index in [9.17, 15) is 4.91 Å². The fourth-order valence-electron chi connectivity index (χ4n) is 0. The number of nitroso groups, excluding NO2 is 1. The zero-order chi connectivity index (χ0) is 6.78. The van der Waals surface area contributed by atoms with Gasteiger partial charge in [0.1, 0.15) is 0 Å². The van der Waals surface area contributed by atoms with Crippen LogP contribution in [0.5, 0.6) is 0 Å². The molecule has 0 spiro atoms. The number of hydrogen-bond acceptors (Lipinski definition) is 2. The van der Waals surface area contributed by atoms with Crippen molar-refractivity contribution in [2.45, 2.75) is 0 Å². The van der Waals surface area contributed by atoms with Gasteiger partial charge in [-0.2, -0.15) is 0 Å². The van der Waals surface area contributed by atoms with E-state index in [2.05, 4.69) is 5.29 Å². The van der Waals surface area contributed by atoms with Gasteiger partial charge in [-0.25, -0.2) is 0 Å². The molecule has 0 N–H and O–H groups in total. The van der Waals surface area contributed by atoms with Gasteiger partial charge in [0.25, 0.3) is 0 Å². The van der Waals surface area contributed by atoms with Crippen LogP contribution >= 0.6 is 0 Å². The SMILES string of the molecule is [2H]C([2H])([2H])N(C)N=O. The molecular formula is C2H6N2O. The standard InChI is InChI=1S/C2H6N2O/c1-4(2)3-5/h1-2H3/i1D3. The Bertz CT molecular complexity index is 89.8. The molecule has 0 saturated heterocycles. The highest BCUT2D eigenvalue weighted by Crippen LogP contribution is 1.64. The van der Waals surface area contributed by atoms with Crippen molar-refractivity contribution in [1.29, 1.82) is 0 Å². The Morgan fingerprint density at radius 1 is 2.20 bits per heavy atom. The molecule has 0 aliphatic heterocycles. The molecule has 0 fully saturated rings. The third-order valence-electron chi connectivity index (χ3n) is 0.122. The summed E-state index contributed by atoms with van der Waals surface area (Å²) >= 11 is 0. The quantitative estimate of drug-likeness (QED) is 0.331. The summed E-state index contributed by atoms with van der Waals surface area (Å²) in [6, 6.07) is 0. The van der Waals surface area contributed by atoms with E-state index in [1.165, 1.54) is 0 Å². The van der Waals surface area contributed by atoms with Crippen LogP contribution in [-0.4, -0.2) is 19.0 Å². The van der Waals surface area contributed by atoms with Crippen molar-refractivity contribution in [2.75, 3.05) is 14.0 Å². The lowest BCUT2D eigenvalue weighted by Crippen LogP contribution is -1.97. The van der Waals surface area contributed by atoms with E-state index in [1.54, 1.807) is 0 Å². The maximum absolute atomic E-state index is 9.47. The highest BCUT2D eigenvalue weighted by Gasteiger charge is 1.68. The monoisotopic (exact) mass is 77.1 g/mol. The lowest BCUT2D eigenvalue weighted by molar-refractivity contribution is 0.431. The molecule has 0 aromatic carbocycles. The highest BCUT2D eigenvalue weighted by atomic mass is 16.3. The summed E-state index contributed by atoms with van der Waals surface area (Å²) in [5.41, 5.74) is 0. The van der Waals surface area contributed by atoms with Crippen molar-refractivity contribution >= 4 is 0 Å². The third-order valence-corrected chi connectivity index (χ3v) is 0.122. The summed E-state index contributed by atoms with van der Waals surface area (Å²) < 4.78 is 19.5. The molecule has 0 aromatic rings. The second kappa shape index (κ2) is 1.69. The summed E-state index contributed by atoms with van der Waals surface area (Å²) in [5.74, 6) is 0. The van der Waals surface area contributed by atoms with E-state index in [1.807, 2.05) is 0 Å². The molecule has 0 heterocycles. The molecule has 0 amide bonds. The van der Waals surface area contributed by atoms with E-state index < -0.39 is 6.98 Å². The minimum atomic E-state index is -2.39. The fraction of sp³-hybridized carbons (Fsp3) is 1.00. The van der Waals surface area contributed by atoms with E-state index in [0.717, 1.165) is 7.05 Å². The zero-order valence-electron chi connectivity index (χ0n) is 5.80. The van der Waals surface area contributed by atoms with Gasteiger partial charge in [0.2, 0.25) is 0 Å². The van der Waals surface area contributed by atoms with Gasteiger partial charge < -0.3 is 0 Å². The van der Waals surface area contributed by atoms with Gasteiger partial charge in [-0.3, -0.25) is 5.01 Å². The molecule has 0 aromatic heterocycles. The van der Waals surface area contributed by atoms with Crippen LogP contribution in [-0.2, 0) is 0 Å². The van der Waals surface area contributed by atoms with Gasteiger partial charge in [-0.15, -0.1) is 4.91 Å². The summed E-state index contributed by atoms with van der Waals surface area (Å²) in [5, 5.41) is 2.56. The van der Waals surface area contributed by atoms with Crippen molar-refractivity contribution in [3.05, 3.63) is 4.91 Å². The number of nitrogens with zero attached hydrogens (tertiary/aromatic N) is 2. The van der Waals surface area contributed by atoms with E-state index >= 15 is 0 Å². The first-order chi connectivity index (χ1) is 3.48. The average molecular weight is 77.1 g/mol. The minimum Gasteiger partial charge on any atom is -0.267 e. The van der Waals surface area contributed by atoms with Gasteiger partial charge in [-0.05, 0) is 0 Å². The molecular weight excluding hydrogens is 68.0 g/mol. The van der Waals surface area contributed by atoms with Crippen LogP contribution in [0, 0.1) is 4.91 Å². The van der Waals surface area contributed by atoms with Crippen LogP contribution in [0.15, 0.2) is 5.29 Å². The Hall–Kier alpha value is -0.600. The lowest BCUT2D eigenvalue weighted by Gasteiger charge is -1.90. The molecule has 30 valence electrons. The Labute approximate surface area is 34.7 Å². The Kier molecular flexibility index (Phi) is 0.421. The molecule has 0 rings (SSSR count). The fourth-order valence-corrected chi connectivity index (χ4v) is 0. The van der Waals surface area contributed by atoms with Gasteiger partial charge in [0.05, 0.1) is 5.29 Å². The van der Waals surface area contributed by atoms with E-state index in [0.29, 0.717) is 5.01 Å². The zero-order valence-corrected chi connectivity index (χ0v) is 2.80. The molecule has 0 radical (unpaired) electrons. The van der Waals surface area contributed by atoms with Gasteiger partial charge in [0.15, 0.2) is 0 Å². The topological polar surface area (TPSA) is 32.7 Å². The molecule has 0 saturated carbocycles. The summed E-state index contributed by atoms with van der Waals surface area (Å²) in [4.78, 5) is 9.47. The molecule has 3 nitrogen and oxygen atoms in total. The Morgan fingerprint density at radius 2 is 2.80 bits per heavy atom. The van der Waals surface area contributed by atoms with Crippen LogP contribution < -0.4 is 0 Å². The van der Waals surface area contributed by atoms with Crippen LogP contribution in [0.2, 0.25) is 0 Å².